The van der Waals surface area contributed by atoms with Crippen molar-refractivity contribution in [2.24, 2.45) is 11.7 Å². The van der Waals surface area contributed by atoms with Crippen LogP contribution in [0.3, 0.4) is 0 Å². The van der Waals surface area contributed by atoms with Crippen molar-refractivity contribution < 1.29 is 49.8 Å². The lowest BCUT2D eigenvalue weighted by Gasteiger charge is -2.32. The molecule has 3 N–H and O–H groups in total. The monoisotopic (exact) mass is 523 g/mol. The van der Waals surface area contributed by atoms with E-state index in [1.165, 1.54) is 13.1 Å². The Morgan fingerprint density at radius 1 is 1.25 bits per heavy atom. The van der Waals surface area contributed by atoms with Gasteiger partial charge < -0.3 is 20.5 Å². The number of anilines is 1. The second-order valence-electron chi connectivity index (χ2n) is 8.35. The molecule has 0 spiro atoms. The highest BCUT2D eigenvalue weighted by Crippen LogP contribution is 2.55. The number of ether oxygens (including phenoxy) is 2. The second-order valence-corrected chi connectivity index (χ2v) is 8.35. The number of amides is 2. The molecular formula is C22H20F7N3O4. The number of aryl methyl sites for hydroxylation is 1. The van der Waals surface area contributed by atoms with Crippen molar-refractivity contribution in [3.63, 3.8) is 0 Å². The van der Waals surface area contributed by atoms with Gasteiger partial charge in [-0.05, 0) is 31.5 Å². The highest BCUT2D eigenvalue weighted by atomic mass is 19.4. The summed E-state index contributed by atoms with van der Waals surface area (Å²) in [5.41, 5.74) is 1.53. The van der Waals surface area contributed by atoms with Gasteiger partial charge in [-0.3, -0.25) is 14.6 Å². The first-order chi connectivity index (χ1) is 16.6. The molecule has 1 saturated heterocycles. The summed E-state index contributed by atoms with van der Waals surface area (Å²) in [6.45, 7) is -0.506. The molecule has 1 unspecified atom stereocenters. The SMILES string of the molecule is Cc1cnc(C(N)=O)cc1NC(=O)[C@H]1OC(C)(C(F)(F)F)[C@@H](C)[C@@H]1c1ccc(F)c(F)c1OC(F)F. The molecule has 1 aliphatic rings. The second kappa shape index (κ2) is 9.56. The van der Waals surface area contributed by atoms with Gasteiger partial charge in [0.15, 0.2) is 17.2 Å². The van der Waals surface area contributed by atoms with Crippen LogP contribution in [0.15, 0.2) is 24.4 Å². The Morgan fingerprint density at radius 2 is 1.89 bits per heavy atom. The standard InChI is InChI=1S/C22H20F7N3O4/c1-8-7-31-13(18(30)33)6-12(8)32-19(34)17-14(9(2)21(3,36-17)22(27,28)29)10-4-5-11(23)15(24)16(10)35-20(25)26/h4-7,9,14,17,20H,1-3H3,(H2,30,33)(H,31,32,34)/t9-,14+,17-,21?/m0/s1. The number of halogens is 7. The van der Waals surface area contributed by atoms with Crippen LogP contribution >= 0.6 is 0 Å². The third-order valence-corrected chi connectivity index (χ3v) is 6.19. The largest absolute Gasteiger partial charge is 0.431 e. The van der Waals surface area contributed by atoms with Crippen molar-refractivity contribution in [2.45, 2.75) is 51.2 Å². The van der Waals surface area contributed by atoms with Crippen molar-refractivity contribution in [3.8, 4) is 5.75 Å². The highest BCUT2D eigenvalue weighted by molar-refractivity contribution is 5.98. The van der Waals surface area contributed by atoms with Gasteiger partial charge in [0.25, 0.3) is 11.8 Å². The Labute approximate surface area is 199 Å². The fourth-order valence-corrected chi connectivity index (χ4v) is 4.04. The fourth-order valence-electron chi connectivity index (χ4n) is 4.04. The van der Waals surface area contributed by atoms with Gasteiger partial charge in [-0.25, -0.2) is 4.39 Å². The van der Waals surface area contributed by atoms with Crippen molar-refractivity contribution in [1.82, 2.24) is 4.98 Å². The van der Waals surface area contributed by atoms with Crippen molar-refractivity contribution in [2.75, 3.05) is 5.32 Å². The molecule has 2 aromatic rings. The Bertz CT molecular complexity index is 1190. The van der Waals surface area contributed by atoms with Gasteiger partial charge in [-0.15, -0.1) is 0 Å². The van der Waals surface area contributed by atoms with E-state index in [-0.39, 0.29) is 11.4 Å². The maximum Gasteiger partial charge on any atom is 0.417 e. The molecule has 0 radical (unpaired) electrons. The summed E-state index contributed by atoms with van der Waals surface area (Å²) in [4.78, 5) is 28.4. The summed E-state index contributed by atoms with van der Waals surface area (Å²) >= 11 is 0. The van der Waals surface area contributed by atoms with Crippen molar-refractivity contribution >= 4 is 17.5 Å². The van der Waals surface area contributed by atoms with Gasteiger partial charge in [0, 0.05) is 29.3 Å². The number of alkyl halides is 5. The van der Waals surface area contributed by atoms with E-state index in [1.807, 2.05) is 0 Å². The number of nitrogens with one attached hydrogen (secondary N) is 1. The van der Waals surface area contributed by atoms with E-state index in [0.29, 0.717) is 18.6 Å². The number of hydrogen-bond donors (Lipinski definition) is 2. The summed E-state index contributed by atoms with van der Waals surface area (Å²) in [5.74, 6) is -10.3. The Balaban J connectivity index is 2.13. The van der Waals surface area contributed by atoms with Gasteiger partial charge in [-0.1, -0.05) is 13.0 Å². The number of primary amides is 1. The molecule has 2 amide bonds. The van der Waals surface area contributed by atoms with Crippen LogP contribution in [-0.2, 0) is 9.53 Å². The minimum atomic E-state index is -5.05. The van der Waals surface area contributed by atoms with Crippen LogP contribution in [0.5, 0.6) is 5.75 Å². The minimum Gasteiger partial charge on any atom is -0.431 e. The number of rotatable bonds is 6. The summed E-state index contributed by atoms with van der Waals surface area (Å²) in [5, 5.41) is 2.31. The van der Waals surface area contributed by atoms with Crippen molar-refractivity contribution in [3.05, 3.63) is 52.9 Å². The minimum absolute atomic E-state index is 0.0474. The smallest absolute Gasteiger partial charge is 0.417 e. The lowest BCUT2D eigenvalue weighted by atomic mass is 9.77. The molecule has 1 aromatic carbocycles. The van der Waals surface area contributed by atoms with E-state index >= 15 is 0 Å². The van der Waals surface area contributed by atoms with Crippen LogP contribution in [0.1, 0.15) is 41.4 Å². The molecule has 0 aliphatic carbocycles. The first-order valence-corrected chi connectivity index (χ1v) is 10.3. The quantitative estimate of drug-likeness (QED) is 0.545. The van der Waals surface area contributed by atoms with Crippen LogP contribution in [0.25, 0.3) is 0 Å². The van der Waals surface area contributed by atoms with Crippen molar-refractivity contribution in [1.29, 1.82) is 0 Å². The first kappa shape index (κ1) is 27.2. The topological polar surface area (TPSA) is 104 Å². The first-order valence-electron chi connectivity index (χ1n) is 10.3. The molecule has 36 heavy (non-hydrogen) atoms. The Morgan fingerprint density at radius 3 is 2.44 bits per heavy atom. The Kier molecular flexibility index (Phi) is 7.22. The van der Waals surface area contributed by atoms with Crippen LogP contribution in [0.2, 0.25) is 0 Å². The maximum absolute atomic E-state index is 14.4. The summed E-state index contributed by atoms with van der Waals surface area (Å²) in [6, 6.07) is 2.35. The number of benzene rings is 1. The third kappa shape index (κ3) is 4.81. The van der Waals surface area contributed by atoms with Gasteiger partial charge >= 0.3 is 12.8 Å². The zero-order chi connectivity index (χ0) is 27.2. The van der Waals surface area contributed by atoms with Crippen LogP contribution in [0.4, 0.5) is 36.4 Å². The van der Waals surface area contributed by atoms with Gasteiger partial charge in [0.1, 0.15) is 11.8 Å². The lowest BCUT2D eigenvalue weighted by Crippen LogP contribution is -2.47. The molecule has 3 rings (SSSR count). The average Bonchev–Trinajstić information content (AvgIpc) is 3.05. The number of pyridine rings is 1. The zero-order valence-electron chi connectivity index (χ0n) is 18.9. The van der Waals surface area contributed by atoms with Gasteiger partial charge in [0.05, 0.1) is 0 Å². The molecule has 1 aliphatic heterocycles. The van der Waals surface area contributed by atoms with Gasteiger partial charge in [-0.2, -0.15) is 26.3 Å². The molecule has 196 valence electrons. The predicted octanol–water partition coefficient (Wildman–Crippen LogP) is 4.45. The fraction of sp³-hybridized carbons (Fsp3) is 0.409. The lowest BCUT2D eigenvalue weighted by molar-refractivity contribution is -0.272. The molecule has 1 fully saturated rings. The van der Waals surface area contributed by atoms with E-state index < -0.39 is 71.1 Å². The molecule has 2 heterocycles. The van der Waals surface area contributed by atoms with Crippen LogP contribution in [0, 0.1) is 24.5 Å². The van der Waals surface area contributed by atoms with E-state index in [4.69, 9.17) is 10.5 Å². The molecule has 7 nitrogen and oxygen atoms in total. The molecular weight excluding hydrogens is 503 g/mol. The average molecular weight is 523 g/mol. The number of aromatic nitrogens is 1. The summed E-state index contributed by atoms with van der Waals surface area (Å²) < 4.78 is 105. The predicted molar refractivity (Wildman–Crippen MR) is 110 cm³/mol. The molecule has 0 bridgehead atoms. The normalized spacial score (nSPS) is 24.1. The maximum atomic E-state index is 14.4. The zero-order valence-corrected chi connectivity index (χ0v) is 18.9. The Hall–Kier alpha value is -3.42. The third-order valence-electron chi connectivity index (χ3n) is 6.19. The number of carbonyl (C=O) groups is 2. The van der Waals surface area contributed by atoms with Crippen LogP contribution < -0.4 is 15.8 Å². The van der Waals surface area contributed by atoms with Crippen LogP contribution in [-0.4, -0.2) is 41.3 Å². The number of carbonyl (C=O) groups excluding carboxylic acids is 2. The van der Waals surface area contributed by atoms with E-state index in [9.17, 15) is 40.3 Å². The number of hydrogen-bond acceptors (Lipinski definition) is 5. The van der Waals surface area contributed by atoms with E-state index in [1.54, 1.807) is 0 Å². The number of nitrogens with zero attached hydrogens (tertiary/aromatic N) is 1. The number of nitrogens with two attached hydrogens (primary N) is 1. The summed E-state index contributed by atoms with van der Waals surface area (Å²) in [7, 11) is 0. The molecule has 14 heteroatoms. The summed E-state index contributed by atoms with van der Waals surface area (Å²) in [6.07, 6.45) is -5.90. The van der Waals surface area contributed by atoms with E-state index in [2.05, 4.69) is 15.0 Å². The molecule has 4 atom stereocenters. The molecule has 0 saturated carbocycles. The van der Waals surface area contributed by atoms with Gasteiger partial charge in [0.2, 0.25) is 5.82 Å². The van der Waals surface area contributed by atoms with E-state index in [0.717, 1.165) is 19.1 Å². The highest BCUT2D eigenvalue weighted by Gasteiger charge is 2.66. The molecule has 1 aromatic heterocycles.